The summed E-state index contributed by atoms with van der Waals surface area (Å²) in [6.07, 6.45) is 3.64. The van der Waals surface area contributed by atoms with Gasteiger partial charge >= 0.3 is 0 Å². The van der Waals surface area contributed by atoms with Crippen LogP contribution in [0.2, 0.25) is 0 Å². The third kappa shape index (κ3) is 3.71. The molecule has 9 heteroatoms. The average Bonchev–Trinajstić information content (AvgIpc) is 3.46. The molecule has 1 aliphatic carbocycles. The molecule has 30 heavy (non-hydrogen) atoms. The summed E-state index contributed by atoms with van der Waals surface area (Å²) in [6, 6.07) is 4.67. The van der Waals surface area contributed by atoms with Gasteiger partial charge in [0.2, 0.25) is 15.9 Å². The predicted octanol–water partition coefficient (Wildman–Crippen LogP) is 1.32. The van der Waals surface area contributed by atoms with Crippen LogP contribution in [0.4, 0.5) is 4.39 Å². The average molecular weight is 438 g/mol. The smallest absolute Gasteiger partial charge is 0.227 e. The monoisotopic (exact) mass is 437 g/mol. The normalized spacial score (nSPS) is 29.9. The first kappa shape index (κ1) is 20.2. The number of likely N-dealkylation sites (tertiary alicyclic amines) is 1. The highest BCUT2D eigenvalue weighted by Crippen LogP contribution is 2.49. The van der Waals surface area contributed by atoms with Gasteiger partial charge in [0.1, 0.15) is 11.6 Å². The number of amides is 1. The van der Waals surface area contributed by atoms with Gasteiger partial charge in [-0.1, -0.05) is 0 Å². The second-order valence-corrected chi connectivity index (χ2v) is 11.1. The van der Waals surface area contributed by atoms with Crippen molar-refractivity contribution in [3.63, 3.8) is 0 Å². The van der Waals surface area contributed by atoms with E-state index in [2.05, 4.69) is 4.90 Å². The maximum atomic E-state index is 14.0. The molecule has 3 atom stereocenters. The van der Waals surface area contributed by atoms with Gasteiger partial charge in [-0.15, -0.1) is 0 Å². The van der Waals surface area contributed by atoms with Crippen LogP contribution in [0, 0.1) is 23.6 Å². The zero-order valence-corrected chi connectivity index (χ0v) is 18.0. The summed E-state index contributed by atoms with van der Waals surface area (Å²) in [6.45, 7) is 3.52. The molecule has 3 heterocycles. The molecule has 5 rings (SSSR count). The molecular formula is C21H28FN3O4S. The quantitative estimate of drug-likeness (QED) is 0.711. The molecular weight excluding hydrogens is 409 g/mol. The topological polar surface area (TPSA) is 70.2 Å². The van der Waals surface area contributed by atoms with Crippen LogP contribution >= 0.6 is 0 Å². The Morgan fingerprint density at radius 3 is 2.60 bits per heavy atom. The standard InChI is InChI=1S/C21H28FN3O4S/c1-30(27,28)25-8-6-23(7-9-25)21(26)17-12-24(11-14-2-3-14)20-16-10-15(22)4-5-19(16)29-13-18(17)20/h4-5,10,14,17-18,20H,2-3,6-9,11-13H2,1H3/t17-,18+,20+/m1/s1. The molecule has 4 aliphatic rings. The molecule has 0 bridgehead atoms. The molecule has 0 N–H and O–H groups in total. The van der Waals surface area contributed by atoms with E-state index in [0.29, 0.717) is 51.0 Å². The number of piperazine rings is 1. The van der Waals surface area contributed by atoms with E-state index in [1.165, 1.54) is 29.5 Å². The summed E-state index contributed by atoms with van der Waals surface area (Å²) in [4.78, 5) is 17.6. The van der Waals surface area contributed by atoms with Crippen LogP contribution in [-0.4, -0.2) is 80.6 Å². The van der Waals surface area contributed by atoms with Gasteiger partial charge in [0.05, 0.1) is 18.8 Å². The van der Waals surface area contributed by atoms with E-state index in [0.717, 1.165) is 12.1 Å². The minimum Gasteiger partial charge on any atom is -0.493 e. The van der Waals surface area contributed by atoms with Crippen molar-refractivity contribution in [2.45, 2.75) is 18.9 Å². The number of carbonyl (C=O) groups excluding carboxylic acids is 1. The van der Waals surface area contributed by atoms with Gasteiger partial charge < -0.3 is 9.64 Å². The molecule has 2 saturated heterocycles. The Morgan fingerprint density at radius 2 is 1.93 bits per heavy atom. The van der Waals surface area contributed by atoms with Gasteiger partial charge in [-0.2, -0.15) is 4.31 Å². The molecule has 0 radical (unpaired) electrons. The van der Waals surface area contributed by atoms with Gasteiger partial charge in [-0.25, -0.2) is 12.8 Å². The van der Waals surface area contributed by atoms with Gasteiger partial charge in [0.25, 0.3) is 0 Å². The van der Waals surface area contributed by atoms with Crippen LogP contribution in [0.15, 0.2) is 18.2 Å². The van der Waals surface area contributed by atoms with Crippen LogP contribution < -0.4 is 4.74 Å². The highest BCUT2D eigenvalue weighted by molar-refractivity contribution is 7.88. The molecule has 3 fully saturated rings. The third-order valence-corrected chi connectivity index (χ3v) is 8.30. The summed E-state index contributed by atoms with van der Waals surface area (Å²) in [5.41, 5.74) is 0.851. The number of fused-ring (bicyclic) bond motifs is 3. The maximum absolute atomic E-state index is 14.0. The van der Waals surface area contributed by atoms with Crippen LogP contribution in [-0.2, 0) is 14.8 Å². The first-order chi connectivity index (χ1) is 14.3. The Bertz CT molecular complexity index is 944. The molecule has 1 saturated carbocycles. The second-order valence-electron chi connectivity index (χ2n) is 9.09. The minimum atomic E-state index is -3.23. The van der Waals surface area contributed by atoms with Crippen molar-refractivity contribution in [3.8, 4) is 5.75 Å². The number of rotatable bonds is 4. The Balaban J connectivity index is 1.37. The highest BCUT2D eigenvalue weighted by Gasteiger charge is 2.51. The Labute approximate surface area is 176 Å². The molecule has 7 nitrogen and oxygen atoms in total. The SMILES string of the molecule is CS(=O)(=O)N1CCN(C(=O)[C@@H]2CN(CC3CC3)[C@H]3c4cc(F)ccc4OC[C@@H]23)CC1. The molecule has 3 aliphatic heterocycles. The maximum Gasteiger partial charge on any atom is 0.227 e. The zero-order chi connectivity index (χ0) is 21.0. The first-order valence-corrected chi connectivity index (χ1v) is 12.6. The fraction of sp³-hybridized carbons (Fsp3) is 0.667. The fourth-order valence-corrected chi connectivity index (χ4v) is 6.08. The molecule has 1 aromatic carbocycles. The third-order valence-electron chi connectivity index (χ3n) is 6.99. The van der Waals surface area contributed by atoms with E-state index in [1.807, 2.05) is 0 Å². The number of nitrogens with zero attached hydrogens (tertiary/aromatic N) is 3. The first-order valence-electron chi connectivity index (χ1n) is 10.7. The van der Waals surface area contributed by atoms with E-state index < -0.39 is 10.0 Å². The van der Waals surface area contributed by atoms with Crippen molar-refractivity contribution < 1.29 is 22.3 Å². The van der Waals surface area contributed by atoms with Crippen molar-refractivity contribution in [2.75, 3.05) is 52.1 Å². The van der Waals surface area contributed by atoms with Crippen LogP contribution in [0.1, 0.15) is 24.4 Å². The lowest BCUT2D eigenvalue weighted by Gasteiger charge is -2.37. The van der Waals surface area contributed by atoms with E-state index in [4.69, 9.17) is 4.74 Å². The largest absolute Gasteiger partial charge is 0.493 e. The second kappa shape index (κ2) is 7.46. The fourth-order valence-electron chi connectivity index (χ4n) is 5.25. The molecule has 0 unspecified atom stereocenters. The van der Waals surface area contributed by atoms with Crippen LogP contribution in [0.25, 0.3) is 0 Å². The number of hydrogen-bond acceptors (Lipinski definition) is 5. The lowest BCUT2D eigenvalue weighted by atomic mass is 9.84. The van der Waals surface area contributed by atoms with Gasteiger partial charge in [0, 0.05) is 56.8 Å². The summed E-state index contributed by atoms with van der Waals surface area (Å²) < 4.78 is 44.9. The molecule has 0 spiro atoms. The highest BCUT2D eigenvalue weighted by atomic mass is 32.2. The number of ether oxygens (including phenoxy) is 1. The number of hydrogen-bond donors (Lipinski definition) is 0. The Morgan fingerprint density at radius 1 is 1.20 bits per heavy atom. The Kier molecular flexibility index (Phi) is 5.02. The van der Waals surface area contributed by atoms with Crippen molar-refractivity contribution in [1.29, 1.82) is 0 Å². The molecule has 1 aromatic rings. The zero-order valence-electron chi connectivity index (χ0n) is 17.2. The van der Waals surface area contributed by atoms with E-state index in [1.54, 1.807) is 17.0 Å². The number of carbonyl (C=O) groups is 1. The Hall–Kier alpha value is -1.71. The van der Waals surface area contributed by atoms with Gasteiger partial charge in [-0.3, -0.25) is 9.69 Å². The lowest BCUT2D eigenvalue weighted by molar-refractivity contribution is -0.138. The molecule has 164 valence electrons. The molecule has 1 amide bonds. The summed E-state index contributed by atoms with van der Waals surface area (Å²) >= 11 is 0. The van der Waals surface area contributed by atoms with E-state index in [-0.39, 0.29) is 29.6 Å². The number of sulfonamides is 1. The van der Waals surface area contributed by atoms with Crippen molar-refractivity contribution >= 4 is 15.9 Å². The van der Waals surface area contributed by atoms with E-state index >= 15 is 0 Å². The minimum absolute atomic E-state index is 0.00342. The van der Waals surface area contributed by atoms with Crippen molar-refractivity contribution in [3.05, 3.63) is 29.6 Å². The van der Waals surface area contributed by atoms with Gasteiger partial charge in [-0.05, 0) is 37.0 Å². The van der Waals surface area contributed by atoms with Gasteiger partial charge in [0.15, 0.2) is 0 Å². The summed E-state index contributed by atoms with van der Waals surface area (Å²) in [5.74, 6) is 0.940. The van der Waals surface area contributed by atoms with Crippen LogP contribution in [0.5, 0.6) is 5.75 Å². The molecule has 0 aromatic heterocycles. The number of benzene rings is 1. The number of halogens is 1. The van der Waals surface area contributed by atoms with Crippen molar-refractivity contribution in [2.24, 2.45) is 17.8 Å². The van der Waals surface area contributed by atoms with Crippen molar-refractivity contribution in [1.82, 2.24) is 14.1 Å². The predicted molar refractivity (Wildman–Crippen MR) is 109 cm³/mol. The summed E-state index contributed by atoms with van der Waals surface area (Å²) in [5, 5.41) is 0. The van der Waals surface area contributed by atoms with Crippen LogP contribution in [0.3, 0.4) is 0 Å². The summed E-state index contributed by atoms with van der Waals surface area (Å²) in [7, 11) is -3.23. The van der Waals surface area contributed by atoms with E-state index in [9.17, 15) is 17.6 Å². The lowest BCUT2D eigenvalue weighted by Crippen LogP contribution is -2.52.